The SMILES string of the molecule is CCC[C@H]1CC[C@@H](c2ccc(C(=O)NN)cc2)C[C@@H]1C. The highest BCUT2D eigenvalue weighted by atomic mass is 16.2. The zero-order valence-electron chi connectivity index (χ0n) is 12.6. The van der Waals surface area contributed by atoms with E-state index in [1.807, 2.05) is 12.1 Å². The summed E-state index contributed by atoms with van der Waals surface area (Å²) in [5.74, 6) is 7.28. The van der Waals surface area contributed by atoms with Gasteiger partial charge in [-0.05, 0) is 54.7 Å². The maximum Gasteiger partial charge on any atom is 0.265 e. The second kappa shape index (κ2) is 6.89. The fraction of sp³-hybridized carbons (Fsp3) is 0.588. The molecule has 1 aliphatic carbocycles. The van der Waals surface area contributed by atoms with Gasteiger partial charge in [-0.1, -0.05) is 38.8 Å². The molecule has 20 heavy (non-hydrogen) atoms. The van der Waals surface area contributed by atoms with Crippen LogP contribution in [0.25, 0.3) is 0 Å². The topological polar surface area (TPSA) is 55.1 Å². The van der Waals surface area contributed by atoms with E-state index in [9.17, 15) is 4.79 Å². The molecule has 1 aromatic carbocycles. The van der Waals surface area contributed by atoms with E-state index in [4.69, 9.17) is 5.84 Å². The van der Waals surface area contributed by atoms with Gasteiger partial charge < -0.3 is 0 Å². The first-order valence-corrected chi connectivity index (χ1v) is 7.76. The molecule has 1 amide bonds. The van der Waals surface area contributed by atoms with Gasteiger partial charge in [-0.25, -0.2) is 5.84 Å². The Morgan fingerprint density at radius 2 is 2.00 bits per heavy atom. The fourth-order valence-electron chi connectivity index (χ4n) is 3.55. The van der Waals surface area contributed by atoms with Gasteiger partial charge in [-0.2, -0.15) is 0 Å². The predicted octanol–water partition coefficient (Wildman–Crippen LogP) is 3.61. The molecule has 0 radical (unpaired) electrons. The zero-order valence-corrected chi connectivity index (χ0v) is 12.6. The van der Waals surface area contributed by atoms with Crippen LogP contribution in [0.5, 0.6) is 0 Å². The Morgan fingerprint density at radius 1 is 1.30 bits per heavy atom. The summed E-state index contributed by atoms with van der Waals surface area (Å²) in [6.07, 6.45) is 6.54. The van der Waals surface area contributed by atoms with Crippen molar-refractivity contribution in [3.05, 3.63) is 35.4 Å². The number of rotatable bonds is 4. The van der Waals surface area contributed by atoms with Crippen LogP contribution >= 0.6 is 0 Å². The monoisotopic (exact) mass is 274 g/mol. The highest BCUT2D eigenvalue weighted by molar-refractivity contribution is 5.93. The number of carbonyl (C=O) groups is 1. The molecule has 0 spiro atoms. The van der Waals surface area contributed by atoms with Crippen LogP contribution in [0.4, 0.5) is 0 Å². The van der Waals surface area contributed by atoms with E-state index in [-0.39, 0.29) is 5.91 Å². The van der Waals surface area contributed by atoms with Crippen molar-refractivity contribution in [3.63, 3.8) is 0 Å². The van der Waals surface area contributed by atoms with Crippen LogP contribution in [0.15, 0.2) is 24.3 Å². The molecule has 3 N–H and O–H groups in total. The Bertz CT molecular complexity index is 441. The van der Waals surface area contributed by atoms with E-state index in [0.29, 0.717) is 11.5 Å². The number of nitrogen functional groups attached to an aromatic ring is 1. The number of carbonyl (C=O) groups excluding carboxylic acids is 1. The van der Waals surface area contributed by atoms with E-state index in [0.717, 1.165) is 11.8 Å². The number of hydrogen-bond donors (Lipinski definition) is 2. The molecule has 0 heterocycles. The summed E-state index contributed by atoms with van der Waals surface area (Å²) < 4.78 is 0. The summed E-state index contributed by atoms with van der Waals surface area (Å²) in [5.41, 5.74) is 4.16. The van der Waals surface area contributed by atoms with Crippen molar-refractivity contribution in [2.75, 3.05) is 0 Å². The minimum Gasteiger partial charge on any atom is -0.290 e. The maximum atomic E-state index is 11.4. The third-order valence-corrected chi connectivity index (χ3v) is 4.78. The quantitative estimate of drug-likeness (QED) is 0.500. The number of amides is 1. The number of hydrazine groups is 1. The first-order chi connectivity index (χ1) is 9.65. The molecule has 2 rings (SSSR count). The van der Waals surface area contributed by atoms with Crippen molar-refractivity contribution < 1.29 is 4.79 Å². The van der Waals surface area contributed by atoms with Crippen LogP contribution in [0, 0.1) is 11.8 Å². The molecule has 0 bridgehead atoms. The van der Waals surface area contributed by atoms with Crippen molar-refractivity contribution in [1.82, 2.24) is 5.43 Å². The first-order valence-electron chi connectivity index (χ1n) is 7.76. The molecule has 0 saturated heterocycles. The minimum absolute atomic E-state index is 0.225. The molecule has 3 nitrogen and oxygen atoms in total. The highest BCUT2D eigenvalue weighted by Crippen LogP contribution is 2.41. The highest BCUT2D eigenvalue weighted by Gasteiger charge is 2.27. The number of hydrogen-bond acceptors (Lipinski definition) is 2. The van der Waals surface area contributed by atoms with E-state index in [1.54, 1.807) is 0 Å². The molecule has 1 aromatic rings. The van der Waals surface area contributed by atoms with Gasteiger partial charge >= 0.3 is 0 Å². The zero-order chi connectivity index (χ0) is 14.5. The Kier molecular flexibility index (Phi) is 5.18. The molecule has 3 heteroatoms. The van der Waals surface area contributed by atoms with Crippen molar-refractivity contribution in [2.45, 2.75) is 51.9 Å². The molecule has 1 saturated carbocycles. The second-order valence-electron chi connectivity index (χ2n) is 6.13. The van der Waals surface area contributed by atoms with Gasteiger partial charge in [0.05, 0.1) is 0 Å². The van der Waals surface area contributed by atoms with Crippen molar-refractivity contribution >= 4 is 5.91 Å². The average Bonchev–Trinajstić information content (AvgIpc) is 2.49. The summed E-state index contributed by atoms with van der Waals surface area (Å²) in [6, 6.07) is 7.92. The van der Waals surface area contributed by atoms with Gasteiger partial charge in [0.2, 0.25) is 0 Å². The van der Waals surface area contributed by atoms with Crippen LogP contribution in [-0.4, -0.2) is 5.91 Å². The molecule has 1 aliphatic rings. The molecule has 1 fully saturated rings. The molecule has 0 aliphatic heterocycles. The predicted molar refractivity (Wildman–Crippen MR) is 82.2 cm³/mol. The van der Waals surface area contributed by atoms with E-state index < -0.39 is 0 Å². The first kappa shape index (κ1) is 15.0. The molecular weight excluding hydrogens is 248 g/mol. The molecular formula is C17H26N2O. The van der Waals surface area contributed by atoms with Crippen molar-refractivity contribution in [2.24, 2.45) is 17.7 Å². The lowest BCUT2D eigenvalue weighted by molar-refractivity contribution is 0.0953. The Hall–Kier alpha value is -1.35. The van der Waals surface area contributed by atoms with Gasteiger partial charge in [-0.3, -0.25) is 10.2 Å². The smallest absolute Gasteiger partial charge is 0.265 e. The summed E-state index contributed by atoms with van der Waals surface area (Å²) in [4.78, 5) is 11.4. The lowest BCUT2D eigenvalue weighted by atomic mass is 9.71. The van der Waals surface area contributed by atoms with Crippen LogP contribution in [-0.2, 0) is 0 Å². The molecule has 0 aromatic heterocycles. The van der Waals surface area contributed by atoms with Gasteiger partial charge in [0.1, 0.15) is 0 Å². The number of benzene rings is 1. The second-order valence-corrected chi connectivity index (χ2v) is 6.13. The van der Waals surface area contributed by atoms with Crippen LogP contribution in [0.2, 0.25) is 0 Å². The van der Waals surface area contributed by atoms with Gasteiger partial charge in [0, 0.05) is 5.56 Å². The Labute approximate surface area is 121 Å². The van der Waals surface area contributed by atoms with Crippen molar-refractivity contribution in [1.29, 1.82) is 0 Å². The van der Waals surface area contributed by atoms with Gasteiger partial charge in [-0.15, -0.1) is 0 Å². The van der Waals surface area contributed by atoms with E-state index in [1.165, 1.54) is 37.7 Å². The van der Waals surface area contributed by atoms with E-state index in [2.05, 4.69) is 31.4 Å². The summed E-state index contributed by atoms with van der Waals surface area (Å²) in [5, 5.41) is 0. The van der Waals surface area contributed by atoms with E-state index >= 15 is 0 Å². The van der Waals surface area contributed by atoms with Crippen LogP contribution in [0.3, 0.4) is 0 Å². The minimum atomic E-state index is -0.225. The summed E-state index contributed by atoms with van der Waals surface area (Å²) >= 11 is 0. The normalized spacial score (nSPS) is 26.2. The maximum absolute atomic E-state index is 11.4. The van der Waals surface area contributed by atoms with Gasteiger partial charge in [0.25, 0.3) is 5.91 Å². The third-order valence-electron chi connectivity index (χ3n) is 4.78. The largest absolute Gasteiger partial charge is 0.290 e. The fourth-order valence-corrected chi connectivity index (χ4v) is 3.55. The van der Waals surface area contributed by atoms with Crippen molar-refractivity contribution in [3.8, 4) is 0 Å². The number of nitrogens with one attached hydrogen (secondary N) is 1. The summed E-state index contributed by atoms with van der Waals surface area (Å²) in [7, 11) is 0. The van der Waals surface area contributed by atoms with Crippen LogP contribution in [0.1, 0.15) is 67.8 Å². The Balaban J connectivity index is 2.01. The lowest BCUT2D eigenvalue weighted by Crippen LogP contribution is -2.29. The lowest BCUT2D eigenvalue weighted by Gasteiger charge is -2.34. The van der Waals surface area contributed by atoms with Gasteiger partial charge in [0.15, 0.2) is 0 Å². The Morgan fingerprint density at radius 3 is 2.55 bits per heavy atom. The standard InChI is InChI=1S/C17H26N2O/c1-3-4-13-5-10-16(11-12(13)2)14-6-8-15(9-7-14)17(20)19-18/h6-9,12-13,16H,3-5,10-11,18H2,1-2H3,(H,19,20)/t12-,13-,16+/m0/s1. The number of nitrogens with two attached hydrogens (primary N) is 1. The molecule has 110 valence electrons. The summed E-state index contributed by atoms with van der Waals surface area (Å²) in [6.45, 7) is 4.67. The average molecular weight is 274 g/mol. The molecule has 3 atom stereocenters. The van der Waals surface area contributed by atoms with Crippen LogP contribution < -0.4 is 11.3 Å². The third kappa shape index (κ3) is 3.40. The molecule has 0 unspecified atom stereocenters.